The first kappa shape index (κ1) is 24.7. The van der Waals surface area contributed by atoms with Crippen LogP contribution in [0.4, 0.5) is 8.78 Å². The molecule has 0 aliphatic carbocycles. The molecule has 33 heavy (non-hydrogen) atoms. The predicted octanol–water partition coefficient (Wildman–Crippen LogP) is 6.92. The van der Waals surface area contributed by atoms with Crippen molar-refractivity contribution in [1.82, 2.24) is 4.57 Å². The summed E-state index contributed by atoms with van der Waals surface area (Å²) in [5.41, 5.74) is 11.7. The molecule has 1 aromatic heterocycles. The number of hydrogen-bond donors (Lipinski definition) is 1. The number of nitrogens with zero attached hydrogens (tertiary/aromatic N) is 1. The van der Waals surface area contributed by atoms with Crippen molar-refractivity contribution in [3.05, 3.63) is 82.2 Å². The number of rotatable bonds is 8. The Labute approximate surface area is 195 Å². The molecular weight excluding hydrogens is 418 g/mol. The number of benzene rings is 2. The molecule has 0 fully saturated rings. The van der Waals surface area contributed by atoms with Gasteiger partial charge in [-0.25, -0.2) is 8.78 Å². The lowest BCUT2D eigenvalue weighted by atomic mass is 9.86. The van der Waals surface area contributed by atoms with Crippen LogP contribution >= 0.6 is 0 Å². The molecule has 176 valence electrons. The monoisotopic (exact) mass is 452 g/mol. The van der Waals surface area contributed by atoms with Crippen LogP contribution < -0.4 is 5.73 Å². The second-order valence-electron chi connectivity index (χ2n) is 9.77. The van der Waals surface area contributed by atoms with E-state index in [1.165, 1.54) is 11.6 Å². The van der Waals surface area contributed by atoms with Gasteiger partial charge >= 0.3 is 0 Å². The summed E-state index contributed by atoms with van der Waals surface area (Å²) in [4.78, 5) is 12.6. The zero-order valence-corrected chi connectivity index (χ0v) is 20.3. The summed E-state index contributed by atoms with van der Waals surface area (Å²) in [5, 5.41) is 0. The fourth-order valence-electron chi connectivity index (χ4n) is 4.38. The fraction of sp³-hybridized carbons (Fsp3) is 0.393. The largest absolute Gasteiger partial charge is 0.366 e. The molecule has 3 aromatic rings. The lowest BCUT2D eigenvalue weighted by Crippen LogP contribution is -2.14. The van der Waals surface area contributed by atoms with E-state index in [1.54, 1.807) is 6.07 Å². The van der Waals surface area contributed by atoms with E-state index in [4.69, 9.17) is 5.73 Å². The molecule has 3 rings (SSSR count). The highest BCUT2D eigenvalue weighted by Crippen LogP contribution is 2.36. The van der Waals surface area contributed by atoms with Crippen molar-refractivity contribution in [3.8, 4) is 11.1 Å². The molecule has 0 bridgehead atoms. The van der Waals surface area contributed by atoms with Crippen molar-refractivity contribution < 1.29 is 13.6 Å². The first-order valence-electron chi connectivity index (χ1n) is 11.6. The minimum Gasteiger partial charge on any atom is -0.366 e. The minimum absolute atomic E-state index is 0.0174. The molecule has 3 nitrogen and oxygen atoms in total. The van der Waals surface area contributed by atoms with Gasteiger partial charge in [0.05, 0.1) is 5.56 Å². The maximum Gasteiger partial charge on any atom is 0.251 e. The van der Waals surface area contributed by atoms with Crippen molar-refractivity contribution in [2.75, 3.05) is 0 Å². The zero-order chi connectivity index (χ0) is 24.3. The lowest BCUT2D eigenvalue weighted by molar-refractivity contribution is 0.1000. The van der Waals surface area contributed by atoms with Crippen LogP contribution in [0.1, 0.15) is 79.8 Å². The van der Waals surface area contributed by atoms with E-state index < -0.39 is 17.5 Å². The second kappa shape index (κ2) is 9.90. The predicted molar refractivity (Wildman–Crippen MR) is 131 cm³/mol. The molecule has 0 saturated carbocycles. The van der Waals surface area contributed by atoms with Crippen LogP contribution in [0.15, 0.2) is 42.5 Å². The van der Waals surface area contributed by atoms with Gasteiger partial charge in [-0.2, -0.15) is 0 Å². The highest BCUT2D eigenvalue weighted by atomic mass is 19.2. The first-order chi connectivity index (χ1) is 15.5. The highest BCUT2D eigenvalue weighted by molar-refractivity contribution is 6.02. The van der Waals surface area contributed by atoms with Gasteiger partial charge in [0.2, 0.25) is 0 Å². The van der Waals surface area contributed by atoms with Crippen molar-refractivity contribution in [2.45, 2.75) is 72.3 Å². The average Bonchev–Trinajstić information content (AvgIpc) is 3.02. The van der Waals surface area contributed by atoms with Crippen molar-refractivity contribution in [2.24, 2.45) is 5.73 Å². The number of nitrogens with two attached hydrogens (primary N) is 1. The first-order valence-corrected chi connectivity index (χ1v) is 11.6. The van der Waals surface area contributed by atoms with Gasteiger partial charge in [0.25, 0.3) is 5.91 Å². The average molecular weight is 453 g/mol. The number of unbranched alkanes of at least 4 members (excludes halogenated alkanes) is 2. The van der Waals surface area contributed by atoms with Gasteiger partial charge in [-0.15, -0.1) is 0 Å². The summed E-state index contributed by atoms with van der Waals surface area (Å²) >= 11 is 0. The van der Waals surface area contributed by atoms with E-state index in [2.05, 4.69) is 39.8 Å². The van der Waals surface area contributed by atoms with Crippen molar-refractivity contribution in [3.63, 3.8) is 0 Å². The Kier molecular flexibility index (Phi) is 7.41. The van der Waals surface area contributed by atoms with E-state index in [-0.39, 0.29) is 5.41 Å². The molecule has 1 heterocycles. The summed E-state index contributed by atoms with van der Waals surface area (Å²) in [6.07, 6.45) is 3.86. The van der Waals surface area contributed by atoms with Crippen molar-refractivity contribution >= 4 is 5.91 Å². The van der Waals surface area contributed by atoms with Gasteiger partial charge in [-0.1, -0.05) is 70.9 Å². The number of halogens is 2. The second-order valence-corrected chi connectivity index (χ2v) is 9.77. The topological polar surface area (TPSA) is 48.0 Å². The number of carbonyl (C=O) groups is 1. The van der Waals surface area contributed by atoms with Gasteiger partial charge in [0.15, 0.2) is 11.6 Å². The Morgan fingerprint density at radius 2 is 1.67 bits per heavy atom. The molecule has 0 aliphatic heterocycles. The molecular formula is C28H34F2N2O. The fourth-order valence-corrected chi connectivity index (χ4v) is 4.38. The Morgan fingerprint density at radius 3 is 2.21 bits per heavy atom. The Hall–Kier alpha value is -2.95. The van der Waals surface area contributed by atoms with E-state index in [0.717, 1.165) is 54.3 Å². The standard InChI is InChI=1S/C28H34F2N2O/c1-6-7-8-9-24-26(20-11-13-21(14-12-20)28(3,4)5)25(27(31)33)18(2)32(24)17-19-10-15-22(29)23(30)16-19/h10-16H,6-9,17H2,1-5H3,(H2,31,33). The summed E-state index contributed by atoms with van der Waals surface area (Å²) in [5.74, 6) is -2.23. The van der Waals surface area contributed by atoms with Crippen LogP contribution in [-0.4, -0.2) is 10.5 Å². The summed E-state index contributed by atoms with van der Waals surface area (Å²) in [6, 6.07) is 12.2. The molecule has 0 spiro atoms. The molecule has 2 aromatic carbocycles. The minimum atomic E-state index is -0.877. The molecule has 0 aliphatic rings. The van der Waals surface area contributed by atoms with Crippen molar-refractivity contribution in [1.29, 1.82) is 0 Å². The molecule has 2 N–H and O–H groups in total. The van der Waals surface area contributed by atoms with Gasteiger partial charge < -0.3 is 10.3 Å². The van der Waals surface area contributed by atoms with Gasteiger partial charge in [-0.05, 0) is 54.0 Å². The Balaban J connectivity index is 2.18. The van der Waals surface area contributed by atoms with Crippen LogP contribution in [0.5, 0.6) is 0 Å². The number of aromatic nitrogens is 1. The number of primary amides is 1. The molecule has 0 unspecified atom stereocenters. The third-order valence-electron chi connectivity index (χ3n) is 6.26. The molecule has 1 amide bonds. The normalized spacial score (nSPS) is 11.7. The van der Waals surface area contributed by atoms with Gasteiger partial charge in [0, 0.05) is 23.5 Å². The van der Waals surface area contributed by atoms with Gasteiger partial charge in [0.1, 0.15) is 0 Å². The summed E-state index contributed by atoms with van der Waals surface area (Å²) < 4.78 is 29.4. The van der Waals surface area contributed by atoms with E-state index in [1.807, 2.05) is 23.6 Å². The summed E-state index contributed by atoms with van der Waals surface area (Å²) in [7, 11) is 0. The molecule has 0 atom stereocenters. The van der Waals surface area contributed by atoms with Crippen LogP contribution in [0.2, 0.25) is 0 Å². The number of amides is 1. The van der Waals surface area contributed by atoms with Crippen LogP contribution in [0.3, 0.4) is 0 Å². The van der Waals surface area contributed by atoms with E-state index in [9.17, 15) is 13.6 Å². The third kappa shape index (κ3) is 5.35. The summed E-state index contributed by atoms with van der Waals surface area (Å²) in [6.45, 7) is 10.8. The smallest absolute Gasteiger partial charge is 0.251 e. The van der Waals surface area contributed by atoms with Crippen LogP contribution in [0, 0.1) is 18.6 Å². The number of carbonyl (C=O) groups excluding carboxylic acids is 1. The van der Waals surface area contributed by atoms with E-state index >= 15 is 0 Å². The van der Waals surface area contributed by atoms with Crippen LogP contribution in [-0.2, 0) is 18.4 Å². The Bertz CT molecular complexity index is 1140. The quantitative estimate of drug-likeness (QED) is 0.371. The van der Waals surface area contributed by atoms with Gasteiger partial charge in [-0.3, -0.25) is 4.79 Å². The zero-order valence-electron chi connectivity index (χ0n) is 20.3. The molecule has 0 radical (unpaired) electrons. The highest BCUT2D eigenvalue weighted by Gasteiger charge is 2.25. The third-order valence-corrected chi connectivity index (χ3v) is 6.26. The van der Waals surface area contributed by atoms with E-state index in [0.29, 0.717) is 17.7 Å². The lowest BCUT2D eigenvalue weighted by Gasteiger charge is -2.19. The Morgan fingerprint density at radius 1 is 1.00 bits per heavy atom. The van der Waals surface area contributed by atoms with Crippen LogP contribution in [0.25, 0.3) is 11.1 Å². The molecule has 0 saturated heterocycles. The SMILES string of the molecule is CCCCCc1c(-c2ccc(C(C)(C)C)cc2)c(C(N)=O)c(C)n1Cc1ccc(F)c(F)c1. The number of hydrogen-bond acceptors (Lipinski definition) is 1. The maximum atomic E-state index is 13.9. The maximum absolute atomic E-state index is 13.9. The molecule has 5 heteroatoms.